The van der Waals surface area contributed by atoms with Gasteiger partial charge in [0.25, 0.3) is 5.91 Å². The molecule has 2 unspecified atom stereocenters. The van der Waals surface area contributed by atoms with E-state index in [4.69, 9.17) is 9.47 Å². The minimum absolute atomic E-state index is 0.000786. The molecule has 10 heteroatoms. The number of morpholine rings is 1. The molecule has 1 aliphatic heterocycles. The van der Waals surface area contributed by atoms with Crippen LogP contribution in [0.1, 0.15) is 30.6 Å². The fourth-order valence-corrected chi connectivity index (χ4v) is 3.32. The number of nitrogens with zero attached hydrogens (tertiary/aromatic N) is 1. The number of amides is 2. The molecule has 168 valence electrons. The lowest BCUT2D eigenvalue weighted by atomic mass is 10.2. The minimum atomic E-state index is -3.00. The maximum Gasteiger partial charge on any atom is 0.387 e. The van der Waals surface area contributed by atoms with Crippen molar-refractivity contribution in [3.05, 3.63) is 23.8 Å². The predicted octanol–water partition coefficient (Wildman–Crippen LogP) is 1.64. The monoisotopic (exact) mass is 429 g/mol. The summed E-state index contributed by atoms with van der Waals surface area (Å²) >= 11 is 0. The zero-order valence-corrected chi connectivity index (χ0v) is 17.5. The molecule has 30 heavy (non-hydrogen) atoms. The highest BCUT2D eigenvalue weighted by Crippen LogP contribution is 2.29. The summed E-state index contributed by atoms with van der Waals surface area (Å²) in [6.45, 7) is 4.00. The summed E-state index contributed by atoms with van der Waals surface area (Å²) in [7, 11) is 1.28. The van der Waals surface area contributed by atoms with E-state index >= 15 is 0 Å². The van der Waals surface area contributed by atoms with Crippen LogP contribution in [0.4, 0.5) is 8.78 Å². The first kappa shape index (κ1) is 23.8. The molecule has 2 atom stereocenters. The van der Waals surface area contributed by atoms with Crippen LogP contribution in [-0.2, 0) is 9.53 Å². The van der Waals surface area contributed by atoms with Gasteiger partial charge in [-0.3, -0.25) is 14.5 Å². The van der Waals surface area contributed by atoms with Gasteiger partial charge in [-0.2, -0.15) is 8.78 Å². The van der Waals surface area contributed by atoms with Crippen molar-refractivity contribution in [2.24, 2.45) is 0 Å². The van der Waals surface area contributed by atoms with Crippen LogP contribution in [0.25, 0.3) is 0 Å². The second kappa shape index (κ2) is 11.7. The van der Waals surface area contributed by atoms with Crippen LogP contribution in [0.15, 0.2) is 18.2 Å². The largest absolute Gasteiger partial charge is 0.493 e. The van der Waals surface area contributed by atoms with E-state index in [-0.39, 0.29) is 41.7 Å². The van der Waals surface area contributed by atoms with E-state index in [0.29, 0.717) is 6.54 Å². The molecule has 1 aliphatic rings. The average Bonchev–Trinajstić information content (AvgIpc) is 2.68. The number of halogens is 2. The molecule has 1 saturated heterocycles. The molecular weight excluding hydrogens is 400 g/mol. The second-order valence-corrected chi connectivity index (χ2v) is 7.15. The molecule has 1 fully saturated rings. The second-order valence-electron chi connectivity index (χ2n) is 7.15. The summed E-state index contributed by atoms with van der Waals surface area (Å²) < 4.78 is 39.7. The molecular formula is C20H29F2N3O5. The van der Waals surface area contributed by atoms with Gasteiger partial charge >= 0.3 is 6.61 Å². The molecule has 0 bridgehead atoms. The number of rotatable bonds is 10. The minimum Gasteiger partial charge on any atom is -0.493 e. The molecule has 2 rings (SSSR count). The topological polar surface area (TPSA) is 89.1 Å². The standard InChI is InChI=1S/C20H29F2N3O5/c1-13-11-25(12-14(2)29-13)8-4-7-23-18(26)10-24-19(27)15-5-6-16(30-20(21)22)17(9-15)28-3/h5-6,9,13-14,20H,4,7-8,10-12H2,1-3H3,(H,23,26)(H,24,27). The highest BCUT2D eigenvalue weighted by Gasteiger charge is 2.21. The van der Waals surface area contributed by atoms with Gasteiger partial charge in [0, 0.05) is 31.7 Å². The van der Waals surface area contributed by atoms with E-state index in [2.05, 4.69) is 20.3 Å². The van der Waals surface area contributed by atoms with Gasteiger partial charge in [-0.25, -0.2) is 0 Å². The van der Waals surface area contributed by atoms with Crippen molar-refractivity contribution in [3.63, 3.8) is 0 Å². The molecule has 1 aromatic carbocycles. The highest BCUT2D eigenvalue weighted by molar-refractivity contribution is 5.97. The molecule has 0 spiro atoms. The van der Waals surface area contributed by atoms with E-state index in [9.17, 15) is 18.4 Å². The van der Waals surface area contributed by atoms with Crippen LogP contribution in [-0.4, -0.2) is 75.4 Å². The Kier molecular flexibility index (Phi) is 9.25. The van der Waals surface area contributed by atoms with E-state index in [0.717, 1.165) is 26.1 Å². The Morgan fingerprint density at radius 1 is 1.20 bits per heavy atom. The molecule has 1 heterocycles. The number of carbonyl (C=O) groups is 2. The van der Waals surface area contributed by atoms with Gasteiger partial charge in [0.05, 0.1) is 25.9 Å². The SMILES string of the molecule is COc1cc(C(=O)NCC(=O)NCCCN2CC(C)OC(C)C2)ccc1OC(F)F. The average molecular weight is 429 g/mol. The maximum absolute atomic E-state index is 12.4. The third kappa shape index (κ3) is 7.75. The third-order valence-corrected chi connectivity index (χ3v) is 4.52. The van der Waals surface area contributed by atoms with Crippen LogP contribution in [0.5, 0.6) is 11.5 Å². The first-order chi connectivity index (χ1) is 14.3. The van der Waals surface area contributed by atoms with Crippen LogP contribution < -0.4 is 20.1 Å². The number of hydrogen-bond donors (Lipinski definition) is 2. The fourth-order valence-electron chi connectivity index (χ4n) is 3.32. The van der Waals surface area contributed by atoms with Gasteiger partial charge in [-0.1, -0.05) is 0 Å². The summed E-state index contributed by atoms with van der Waals surface area (Å²) in [4.78, 5) is 26.4. The molecule has 0 aliphatic carbocycles. The molecule has 2 N–H and O–H groups in total. The van der Waals surface area contributed by atoms with Crippen LogP contribution in [0, 0.1) is 0 Å². The molecule has 0 saturated carbocycles. The van der Waals surface area contributed by atoms with Crippen LogP contribution in [0.3, 0.4) is 0 Å². The Balaban J connectivity index is 1.70. The van der Waals surface area contributed by atoms with Crippen molar-refractivity contribution in [1.29, 1.82) is 0 Å². The molecule has 1 aromatic rings. The van der Waals surface area contributed by atoms with Crippen LogP contribution in [0.2, 0.25) is 0 Å². The van der Waals surface area contributed by atoms with Crippen LogP contribution >= 0.6 is 0 Å². The lowest BCUT2D eigenvalue weighted by molar-refractivity contribution is -0.120. The van der Waals surface area contributed by atoms with E-state index in [1.54, 1.807) is 0 Å². The van der Waals surface area contributed by atoms with Gasteiger partial charge in [-0.15, -0.1) is 0 Å². The van der Waals surface area contributed by atoms with Gasteiger partial charge in [0.1, 0.15) is 0 Å². The number of alkyl halides is 2. The van der Waals surface area contributed by atoms with Crippen molar-refractivity contribution in [2.75, 3.05) is 39.8 Å². The quantitative estimate of drug-likeness (QED) is 0.550. The predicted molar refractivity (Wildman–Crippen MR) is 106 cm³/mol. The van der Waals surface area contributed by atoms with E-state index in [1.165, 1.54) is 25.3 Å². The van der Waals surface area contributed by atoms with Crippen molar-refractivity contribution in [3.8, 4) is 11.5 Å². The molecule has 8 nitrogen and oxygen atoms in total. The Bertz CT molecular complexity index is 710. The summed E-state index contributed by atoms with van der Waals surface area (Å²) in [6.07, 6.45) is 1.20. The summed E-state index contributed by atoms with van der Waals surface area (Å²) in [5, 5.41) is 5.25. The van der Waals surface area contributed by atoms with Crippen molar-refractivity contribution in [1.82, 2.24) is 15.5 Å². The van der Waals surface area contributed by atoms with Crippen molar-refractivity contribution >= 4 is 11.8 Å². The third-order valence-electron chi connectivity index (χ3n) is 4.52. The Labute approximate surface area is 174 Å². The summed E-state index contributed by atoms with van der Waals surface area (Å²) in [5.74, 6) is -1.01. The van der Waals surface area contributed by atoms with Crippen molar-refractivity contribution in [2.45, 2.75) is 39.1 Å². The zero-order chi connectivity index (χ0) is 22.1. The smallest absolute Gasteiger partial charge is 0.387 e. The summed E-state index contributed by atoms with van der Waals surface area (Å²) in [6, 6.07) is 3.81. The molecule has 0 aromatic heterocycles. The number of carbonyl (C=O) groups excluding carboxylic acids is 2. The number of hydrogen-bond acceptors (Lipinski definition) is 6. The van der Waals surface area contributed by atoms with E-state index < -0.39 is 12.5 Å². The van der Waals surface area contributed by atoms with Gasteiger partial charge in [0.15, 0.2) is 11.5 Å². The lowest BCUT2D eigenvalue weighted by Gasteiger charge is -2.35. The van der Waals surface area contributed by atoms with Gasteiger partial charge < -0.3 is 24.8 Å². The highest BCUT2D eigenvalue weighted by atomic mass is 19.3. The Hall–Kier alpha value is -2.46. The summed E-state index contributed by atoms with van der Waals surface area (Å²) in [5.41, 5.74) is 0.164. The number of methoxy groups -OCH3 is 1. The van der Waals surface area contributed by atoms with Crippen molar-refractivity contribution < 1.29 is 32.6 Å². The number of benzene rings is 1. The van der Waals surface area contributed by atoms with E-state index in [1.807, 2.05) is 13.8 Å². The Morgan fingerprint density at radius 3 is 2.53 bits per heavy atom. The number of ether oxygens (including phenoxy) is 3. The fraction of sp³-hybridized carbons (Fsp3) is 0.600. The number of nitrogens with one attached hydrogen (secondary N) is 2. The molecule has 2 amide bonds. The molecule has 0 radical (unpaired) electrons. The lowest BCUT2D eigenvalue weighted by Crippen LogP contribution is -2.46. The zero-order valence-electron chi connectivity index (χ0n) is 17.5. The first-order valence-corrected chi connectivity index (χ1v) is 9.84. The Morgan fingerprint density at radius 2 is 1.90 bits per heavy atom. The van der Waals surface area contributed by atoms with Gasteiger partial charge in [0.2, 0.25) is 5.91 Å². The van der Waals surface area contributed by atoms with Gasteiger partial charge in [-0.05, 0) is 38.5 Å². The normalized spacial score (nSPS) is 19.4. The first-order valence-electron chi connectivity index (χ1n) is 9.84. The maximum atomic E-state index is 12.4.